The molecule has 2 atom stereocenters. The topological polar surface area (TPSA) is 88.5 Å². The van der Waals surface area contributed by atoms with Crippen LogP contribution < -0.4 is 10.6 Å². The molecule has 1 aliphatic heterocycles. The first-order chi connectivity index (χ1) is 14.6. The smallest absolute Gasteiger partial charge is 0.321 e. The van der Waals surface area contributed by atoms with E-state index in [2.05, 4.69) is 21.6 Å². The van der Waals surface area contributed by atoms with Crippen molar-refractivity contribution in [3.8, 4) is 6.07 Å². The second-order valence-corrected chi connectivity index (χ2v) is 7.35. The van der Waals surface area contributed by atoms with E-state index in [0.717, 1.165) is 11.1 Å². The fourth-order valence-corrected chi connectivity index (χ4v) is 3.59. The molecule has 0 spiro atoms. The van der Waals surface area contributed by atoms with Crippen LogP contribution in [0.2, 0.25) is 0 Å². The summed E-state index contributed by atoms with van der Waals surface area (Å²) in [6, 6.07) is 20.4. The molecule has 1 fully saturated rings. The lowest BCUT2D eigenvalue weighted by Crippen LogP contribution is -2.55. The summed E-state index contributed by atoms with van der Waals surface area (Å²) in [6.07, 6.45) is 0. The molecule has 1 saturated heterocycles. The number of nitrogens with one attached hydrogen (secondary N) is 2. The van der Waals surface area contributed by atoms with Crippen LogP contribution in [0.25, 0.3) is 0 Å². The van der Waals surface area contributed by atoms with E-state index in [1.54, 1.807) is 6.92 Å². The molecule has 1 aliphatic rings. The molecule has 3 rings (SSSR count). The number of carbonyl (C=O) groups is 2. The van der Waals surface area contributed by atoms with Crippen LogP contribution in [0.5, 0.6) is 0 Å². The Morgan fingerprint density at radius 1 is 0.967 bits per heavy atom. The minimum Gasteiger partial charge on any atom is -0.334 e. The Hall–Kier alpha value is -3.21. The monoisotopic (exact) mass is 405 g/mol. The van der Waals surface area contributed by atoms with Crippen molar-refractivity contribution in [2.24, 2.45) is 0 Å². The molecule has 2 aromatic carbocycles. The minimum atomic E-state index is -0.497. The Morgan fingerprint density at radius 2 is 1.53 bits per heavy atom. The van der Waals surface area contributed by atoms with Gasteiger partial charge in [0.2, 0.25) is 5.91 Å². The first kappa shape index (κ1) is 21.5. The summed E-state index contributed by atoms with van der Waals surface area (Å²) in [5.41, 5.74) is 1.95. The molecule has 0 aliphatic carbocycles. The summed E-state index contributed by atoms with van der Waals surface area (Å²) >= 11 is 0. The molecule has 2 N–H and O–H groups in total. The number of hydrogen-bond donors (Lipinski definition) is 2. The highest BCUT2D eigenvalue weighted by molar-refractivity contribution is 5.96. The molecule has 30 heavy (non-hydrogen) atoms. The first-order valence-corrected chi connectivity index (χ1v) is 10.1. The molecule has 0 aromatic heterocycles. The van der Waals surface area contributed by atoms with Crippen molar-refractivity contribution in [2.75, 3.05) is 26.2 Å². The van der Waals surface area contributed by atoms with Gasteiger partial charge in [0.25, 0.3) is 0 Å². The van der Waals surface area contributed by atoms with Gasteiger partial charge in [0, 0.05) is 32.7 Å². The van der Waals surface area contributed by atoms with Gasteiger partial charge in [0.1, 0.15) is 6.04 Å². The molecular weight excluding hydrogens is 378 g/mol. The van der Waals surface area contributed by atoms with E-state index in [9.17, 15) is 14.9 Å². The number of nitriles is 1. The van der Waals surface area contributed by atoms with Gasteiger partial charge in [-0.25, -0.2) is 4.79 Å². The molecule has 0 radical (unpaired) electrons. The van der Waals surface area contributed by atoms with Crippen LogP contribution >= 0.6 is 0 Å². The number of hydrogen-bond acceptors (Lipinski definition) is 5. The van der Waals surface area contributed by atoms with E-state index in [1.807, 2.05) is 65.6 Å². The Kier molecular flexibility index (Phi) is 7.55. The van der Waals surface area contributed by atoms with Crippen LogP contribution in [0.4, 0.5) is 4.79 Å². The van der Waals surface area contributed by atoms with Crippen LogP contribution in [0.1, 0.15) is 24.1 Å². The highest BCUT2D eigenvalue weighted by Crippen LogP contribution is 2.21. The minimum absolute atomic E-state index is 0.291. The molecular formula is C23H27N5O2. The highest BCUT2D eigenvalue weighted by atomic mass is 16.2. The fraction of sp³-hybridized carbons (Fsp3) is 0.348. The van der Waals surface area contributed by atoms with Crippen molar-refractivity contribution in [3.63, 3.8) is 0 Å². The maximum absolute atomic E-state index is 12.5. The van der Waals surface area contributed by atoms with Gasteiger partial charge in [0.05, 0.1) is 12.1 Å². The third-order valence-corrected chi connectivity index (χ3v) is 5.41. The summed E-state index contributed by atoms with van der Waals surface area (Å²) in [5.74, 6) is -0.325. The van der Waals surface area contributed by atoms with Gasteiger partial charge in [-0.2, -0.15) is 5.26 Å². The average molecular weight is 406 g/mol. The SMILES string of the molecule is CC(C(=O)NC(=O)NCc1ccccc1)N1CCN(C(C#N)c2ccccc2)CC1. The predicted molar refractivity (Wildman–Crippen MR) is 114 cm³/mol. The Labute approximate surface area is 177 Å². The van der Waals surface area contributed by atoms with E-state index in [-0.39, 0.29) is 11.9 Å². The average Bonchev–Trinajstić information content (AvgIpc) is 2.79. The van der Waals surface area contributed by atoms with Crippen LogP contribution in [0, 0.1) is 11.3 Å². The number of piperazine rings is 1. The molecule has 2 unspecified atom stereocenters. The largest absolute Gasteiger partial charge is 0.334 e. The van der Waals surface area contributed by atoms with Crippen molar-refractivity contribution >= 4 is 11.9 Å². The zero-order chi connectivity index (χ0) is 21.3. The zero-order valence-corrected chi connectivity index (χ0v) is 17.1. The standard InChI is InChI=1S/C23H27N5O2/c1-18(22(29)26-23(30)25-17-19-8-4-2-5-9-19)27-12-14-28(15-13-27)21(16-24)20-10-6-3-7-11-20/h2-11,18,21H,12-15,17H2,1H3,(H2,25,26,29,30). The molecule has 7 nitrogen and oxygen atoms in total. The predicted octanol–water partition coefficient (Wildman–Crippen LogP) is 2.28. The lowest BCUT2D eigenvalue weighted by Gasteiger charge is -2.39. The lowest BCUT2D eigenvalue weighted by atomic mass is 10.1. The first-order valence-electron chi connectivity index (χ1n) is 10.1. The maximum atomic E-state index is 12.5. The zero-order valence-electron chi connectivity index (χ0n) is 17.1. The number of carbonyl (C=O) groups excluding carboxylic acids is 2. The summed E-state index contributed by atoms with van der Waals surface area (Å²) < 4.78 is 0. The van der Waals surface area contributed by atoms with Gasteiger partial charge in [-0.15, -0.1) is 0 Å². The Bertz CT molecular complexity index is 873. The summed E-state index contributed by atoms with van der Waals surface area (Å²) in [7, 11) is 0. The van der Waals surface area contributed by atoms with Crippen molar-refractivity contribution in [1.29, 1.82) is 5.26 Å². The molecule has 2 aromatic rings. The number of rotatable bonds is 6. The Morgan fingerprint density at radius 3 is 2.13 bits per heavy atom. The Balaban J connectivity index is 1.46. The molecule has 7 heteroatoms. The number of urea groups is 1. The summed E-state index contributed by atoms with van der Waals surface area (Å²) in [4.78, 5) is 28.7. The van der Waals surface area contributed by atoms with Crippen molar-refractivity contribution in [2.45, 2.75) is 25.6 Å². The summed E-state index contributed by atoms with van der Waals surface area (Å²) in [5, 5.41) is 14.7. The van der Waals surface area contributed by atoms with Crippen molar-refractivity contribution in [1.82, 2.24) is 20.4 Å². The molecule has 156 valence electrons. The fourth-order valence-electron chi connectivity index (χ4n) is 3.59. The van der Waals surface area contributed by atoms with Gasteiger partial charge in [0.15, 0.2) is 0 Å². The lowest BCUT2D eigenvalue weighted by molar-refractivity contribution is -0.125. The third kappa shape index (κ3) is 5.66. The van der Waals surface area contributed by atoms with E-state index < -0.39 is 12.1 Å². The van der Waals surface area contributed by atoms with Gasteiger partial charge < -0.3 is 5.32 Å². The van der Waals surface area contributed by atoms with Gasteiger partial charge >= 0.3 is 6.03 Å². The molecule has 0 saturated carbocycles. The highest BCUT2D eigenvalue weighted by Gasteiger charge is 2.29. The summed E-state index contributed by atoms with van der Waals surface area (Å²) in [6.45, 7) is 4.85. The number of benzene rings is 2. The third-order valence-electron chi connectivity index (χ3n) is 5.41. The van der Waals surface area contributed by atoms with Crippen LogP contribution in [-0.2, 0) is 11.3 Å². The van der Waals surface area contributed by atoms with E-state index >= 15 is 0 Å². The van der Waals surface area contributed by atoms with Gasteiger partial charge in [-0.3, -0.25) is 19.9 Å². The molecule has 3 amide bonds. The second-order valence-electron chi connectivity index (χ2n) is 7.35. The second kappa shape index (κ2) is 10.5. The van der Waals surface area contributed by atoms with Crippen molar-refractivity contribution < 1.29 is 9.59 Å². The van der Waals surface area contributed by atoms with Gasteiger partial charge in [-0.1, -0.05) is 60.7 Å². The van der Waals surface area contributed by atoms with Gasteiger partial charge in [-0.05, 0) is 18.1 Å². The number of nitrogens with zero attached hydrogens (tertiary/aromatic N) is 3. The van der Waals surface area contributed by atoms with Crippen LogP contribution in [-0.4, -0.2) is 54.0 Å². The quantitative estimate of drug-likeness (QED) is 0.770. The van der Waals surface area contributed by atoms with E-state index in [4.69, 9.17) is 0 Å². The maximum Gasteiger partial charge on any atom is 0.321 e. The molecule has 1 heterocycles. The van der Waals surface area contributed by atoms with Crippen LogP contribution in [0.15, 0.2) is 60.7 Å². The van der Waals surface area contributed by atoms with E-state index in [1.165, 1.54) is 0 Å². The van der Waals surface area contributed by atoms with E-state index in [0.29, 0.717) is 32.7 Å². The molecule has 0 bridgehead atoms. The number of imide groups is 1. The normalized spacial score (nSPS) is 16.8. The number of amides is 3. The van der Waals surface area contributed by atoms with Crippen LogP contribution in [0.3, 0.4) is 0 Å². The van der Waals surface area contributed by atoms with Crippen molar-refractivity contribution in [3.05, 3.63) is 71.8 Å².